The Kier molecular flexibility index (Phi) is 3.83. The molecule has 0 amide bonds. The average molecular weight is 274 g/mol. The number of para-hydroxylation sites is 1. The molecule has 0 atom stereocenters. The number of anilines is 2. The monoisotopic (exact) mass is 274 g/mol. The van der Waals surface area contributed by atoms with Crippen molar-refractivity contribution >= 4 is 11.7 Å². The van der Waals surface area contributed by atoms with Crippen LogP contribution in [0.2, 0.25) is 0 Å². The van der Waals surface area contributed by atoms with Crippen LogP contribution in [0.15, 0.2) is 28.7 Å². The predicted molar refractivity (Wildman–Crippen MR) is 75.6 cm³/mol. The molecule has 0 unspecified atom stereocenters. The van der Waals surface area contributed by atoms with Gasteiger partial charge in [0.05, 0.1) is 13.2 Å². The molecule has 1 aromatic carbocycles. The summed E-state index contributed by atoms with van der Waals surface area (Å²) in [6.07, 6.45) is 1.50. The standard InChI is InChI=1S/C14H18N4O2/c15-12-4-2-1-3-11(12)5-6-13-16-17-14(20-13)18-7-9-19-10-8-18/h1-4H,5-10,15H2. The van der Waals surface area contributed by atoms with Crippen LogP contribution in [0.25, 0.3) is 0 Å². The second-order valence-electron chi connectivity index (χ2n) is 4.78. The summed E-state index contributed by atoms with van der Waals surface area (Å²) in [5, 5.41) is 8.19. The lowest BCUT2D eigenvalue weighted by Gasteiger charge is -2.24. The van der Waals surface area contributed by atoms with E-state index < -0.39 is 0 Å². The number of nitrogens with two attached hydrogens (primary N) is 1. The van der Waals surface area contributed by atoms with Gasteiger partial charge in [0.15, 0.2) is 0 Å². The lowest BCUT2D eigenvalue weighted by Crippen LogP contribution is -2.36. The quantitative estimate of drug-likeness (QED) is 0.846. The highest BCUT2D eigenvalue weighted by Gasteiger charge is 2.17. The molecule has 1 aliphatic heterocycles. The molecule has 6 nitrogen and oxygen atoms in total. The van der Waals surface area contributed by atoms with Gasteiger partial charge in [-0.1, -0.05) is 23.3 Å². The van der Waals surface area contributed by atoms with Crippen molar-refractivity contribution in [3.8, 4) is 0 Å². The van der Waals surface area contributed by atoms with Crippen LogP contribution >= 0.6 is 0 Å². The van der Waals surface area contributed by atoms with Crippen molar-refractivity contribution in [2.45, 2.75) is 12.8 Å². The summed E-state index contributed by atoms with van der Waals surface area (Å²) in [6.45, 7) is 3.01. The van der Waals surface area contributed by atoms with Crippen molar-refractivity contribution in [3.63, 3.8) is 0 Å². The zero-order chi connectivity index (χ0) is 13.8. The average Bonchev–Trinajstić information content (AvgIpc) is 2.96. The lowest BCUT2D eigenvalue weighted by molar-refractivity contribution is 0.120. The fourth-order valence-electron chi connectivity index (χ4n) is 2.23. The molecule has 3 rings (SSSR count). The first-order valence-corrected chi connectivity index (χ1v) is 6.81. The highest BCUT2D eigenvalue weighted by atomic mass is 16.5. The normalized spacial score (nSPS) is 15.5. The Labute approximate surface area is 117 Å². The molecule has 0 bridgehead atoms. The van der Waals surface area contributed by atoms with E-state index in [-0.39, 0.29) is 0 Å². The number of nitrogens with zero attached hydrogens (tertiary/aromatic N) is 3. The Hall–Kier alpha value is -2.08. The van der Waals surface area contributed by atoms with Gasteiger partial charge in [-0.25, -0.2) is 0 Å². The highest BCUT2D eigenvalue weighted by Crippen LogP contribution is 2.17. The van der Waals surface area contributed by atoms with Gasteiger partial charge in [-0.2, -0.15) is 0 Å². The number of aryl methyl sites for hydroxylation is 2. The van der Waals surface area contributed by atoms with Crippen LogP contribution in [0.1, 0.15) is 11.5 Å². The Morgan fingerprint density at radius 2 is 1.90 bits per heavy atom. The van der Waals surface area contributed by atoms with Crippen molar-refractivity contribution in [3.05, 3.63) is 35.7 Å². The molecule has 20 heavy (non-hydrogen) atoms. The third kappa shape index (κ3) is 2.91. The minimum Gasteiger partial charge on any atom is -0.408 e. The topological polar surface area (TPSA) is 77.4 Å². The summed E-state index contributed by atoms with van der Waals surface area (Å²) >= 11 is 0. The Bertz CT molecular complexity index is 564. The summed E-state index contributed by atoms with van der Waals surface area (Å²) in [6, 6.07) is 8.43. The Morgan fingerprint density at radius 3 is 2.70 bits per heavy atom. The number of morpholine rings is 1. The maximum Gasteiger partial charge on any atom is 0.318 e. The molecule has 1 aromatic heterocycles. The van der Waals surface area contributed by atoms with Gasteiger partial charge < -0.3 is 19.8 Å². The molecule has 6 heteroatoms. The summed E-state index contributed by atoms with van der Waals surface area (Å²) < 4.78 is 11.0. The van der Waals surface area contributed by atoms with E-state index in [4.69, 9.17) is 14.9 Å². The lowest BCUT2D eigenvalue weighted by atomic mass is 10.1. The van der Waals surface area contributed by atoms with Crippen LogP contribution in [-0.2, 0) is 17.6 Å². The summed E-state index contributed by atoms with van der Waals surface area (Å²) in [5.41, 5.74) is 7.83. The van der Waals surface area contributed by atoms with Gasteiger partial charge in [0, 0.05) is 25.2 Å². The van der Waals surface area contributed by atoms with E-state index in [1.807, 2.05) is 24.3 Å². The van der Waals surface area contributed by atoms with Gasteiger partial charge in [-0.05, 0) is 18.1 Å². The first-order valence-electron chi connectivity index (χ1n) is 6.81. The fraction of sp³-hybridized carbons (Fsp3) is 0.429. The van der Waals surface area contributed by atoms with Gasteiger partial charge in [-0.15, -0.1) is 5.10 Å². The molecular formula is C14H18N4O2. The van der Waals surface area contributed by atoms with Crippen LogP contribution < -0.4 is 10.6 Å². The van der Waals surface area contributed by atoms with Gasteiger partial charge in [0.1, 0.15) is 0 Å². The summed E-state index contributed by atoms with van der Waals surface area (Å²) in [7, 11) is 0. The van der Waals surface area contributed by atoms with Gasteiger partial charge in [0.25, 0.3) is 0 Å². The predicted octanol–water partition coefficient (Wildman–Crippen LogP) is 1.27. The van der Waals surface area contributed by atoms with E-state index in [0.29, 0.717) is 31.5 Å². The smallest absolute Gasteiger partial charge is 0.318 e. The second kappa shape index (κ2) is 5.92. The first-order chi connectivity index (χ1) is 9.83. The number of ether oxygens (including phenoxy) is 1. The fourth-order valence-corrected chi connectivity index (χ4v) is 2.23. The van der Waals surface area contributed by atoms with Gasteiger partial charge in [0.2, 0.25) is 5.89 Å². The number of aromatic nitrogens is 2. The molecule has 2 heterocycles. The Balaban J connectivity index is 1.61. The zero-order valence-corrected chi connectivity index (χ0v) is 11.3. The summed E-state index contributed by atoms with van der Waals surface area (Å²) in [5.74, 6) is 0.648. The number of nitrogen functional groups attached to an aromatic ring is 1. The molecule has 1 aliphatic rings. The number of benzene rings is 1. The molecule has 2 aromatic rings. The summed E-state index contributed by atoms with van der Waals surface area (Å²) in [4.78, 5) is 2.05. The van der Waals surface area contributed by atoms with Crippen LogP contribution in [0.3, 0.4) is 0 Å². The van der Waals surface area contributed by atoms with Crippen molar-refractivity contribution in [2.75, 3.05) is 36.9 Å². The molecule has 0 spiro atoms. The number of hydrogen-bond acceptors (Lipinski definition) is 6. The molecule has 2 N–H and O–H groups in total. The molecule has 0 saturated carbocycles. The van der Waals surface area contributed by atoms with E-state index in [9.17, 15) is 0 Å². The SMILES string of the molecule is Nc1ccccc1CCc1nnc(N2CCOCC2)o1. The molecule has 106 valence electrons. The highest BCUT2D eigenvalue weighted by molar-refractivity contribution is 5.46. The molecular weight excluding hydrogens is 256 g/mol. The maximum absolute atomic E-state index is 5.92. The van der Waals surface area contributed by atoms with Crippen LogP contribution in [0.4, 0.5) is 11.7 Å². The van der Waals surface area contributed by atoms with E-state index in [0.717, 1.165) is 30.8 Å². The van der Waals surface area contributed by atoms with Crippen LogP contribution in [-0.4, -0.2) is 36.5 Å². The minimum atomic E-state index is 0.587. The van der Waals surface area contributed by atoms with E-state index in [1.165, 1.54) is 0 Å². The zero-order valence-electron chi connectivity index (χ0n) is 11.3. The number of rotatable bonds is 4. The third-order valence-electron chi connectivity index (χ3n) is 3.40. The largest absolute Gasteiger partial charge is 0.408 e. The van der Waals surface area contributed by atoms with Crippen molar-refractivity contribution in [1.29, 1.82) is 0 Å². The minimum absolute atomic E-state index is 0.587. The van der Waals surface area contributed by atoms with Crippen molar-refractivity contribution in [2.24, 2.45) is 0 Å². The van der Waals surface area contributed by atoms with E-state index in [1.54, 1.807) is 0 Å². The van der Waals surface area contributed by atoms with E-state index >= 15 is 0 Å². The first kappa shape index (κ1) is 12.9. The van der Waals surface area contributed by atoms with E-state index in [2.05, 4.69) is 15.1 Å². The maximum atomic E-state index is 5.92. The van der Waals surface area contributed by atoms with Gasteiger partial charge >= 0.3 is 6.01 Å². The Morgan fingerprint density at radius 1 is 1.10 bits per heavy atom. The van der Waals surface area contributed by atoms with Crippen molar-refractivity contribution in [1.82, 2.24) is 10.2 Å². The van der Waals surface area contributed by atoms with Crippen molar-refractivity contribution < 1.29 is 9.15 Å². The third-order valence-corrected chi connectivity index (χ3v) is 3.40. The van der Waals surface area contributed by atoms with Crippen LogP contribution in [0.5, 0.6) is 0 Å². The molecule has 0 aliphatic carbocycles. The molecule has 0 radical (unpaired) electrons. The van der Waals surface area contributed by atoms with Gasteiger partial charge in [-0.3, -0.25) is 0 Å². The van der Waals surface area contributed by atoms with Crippen LogP contribution in [0, 0.1) is 0 Å². The molecule has 1 fully saturated rings. The number of hydrogen-bond donors (Lipinski definition) is 1. The second-order valence-corrected chi connectivity index (χ2v) is 4.78. The molecule has 1 saturated heterocycles.